The molecule has 2 aromatic rings. The maximum atomic E-state index is 2.28. The van der Waals surface area contributed by atoms with Crippen LogP contribution in [0.1, 0.15) is 40.3 Å². The molecule has 0 fully saturated rings. The van der Waals surface area contributed by atoms with Gasteiger partial charge >= 0.3 is 0 Å². The summed E-state index contributed by atoms with van der Waals surface area (Å²) >= 11 is 0. The Labute approximate surface area is 111 Å². The van der Waals surface area contributed by atoms with Crippen molar-refractivity contribution in [1.82, 2.24) is 0 Å². The standard InChI is InChI=1S/C18H22/c1-5-16-6-8-17(9-7-16)12-18-14(3)10-13(2)11-15(18)4/h6-11H,5,12H2,1-4H3. The van der Waals surface area contributed by atoms with Crippen molar-refractivity contribution in [3.05, 3.63) is 69.8 Å². The summed E-state index contributed by atoms with van der Waals surface area (Å²) in [4.78, 5) is 0. The third-order valence-electron chi connectivity index (χ3n) is 3.65. The average Bonchev–Trinajstić information content (AvgIpc) is 2.34. The molecule has 0 heterocycles. The Morgan fingerprint density at radius 3 is 1.78 bits per heavy atom. The molecule has 2 rings (SSSR count). The van der Waals surface area contributed by atoms with Crippen molar-refractivity contribution in [3.63, 3.8) is 0 Å². The molecule has 0 spiro atoms. The molecule has 0 radical (unpaired) electrons. The molecule has 18 heavy (non-hydrogen) atoms. The highest BCUT2D eigenvalue weighted by Gasteiger charge is 2.05. The van der Waals surface area contributed by atoms with E-state index in [4.69, 9.17) is 0 Å². The highest BCUT2D eigenvalue weighted by Crippen LogP contribution is 2.20. The van der Waals surface area contributed by atoms with Gasteiger partial charge in [-0.25, -0.2) is 0 Å². The molecule has 0 bridgehead atoms. The van der Waals surface area contributed by atoms with Gasteiger partial charge in [0.05, 0.1) is 0 Å². The smallest absolute Gasteiger partial charge is 0.00205 e. The fraction of sp³-hybridized carbons (Fsp3) is 0.333. The van der Waals surface area contributed by atoms with Gasteiger partial charge in [-0.1, -0.05) is 48.9 Å². The molecule has 0 atom stereocenters. The minimum absolute atomic E-state index is 1.04. The third kappa shape index (κ3) is 2.81. The molecule has 0 unspecified atom stereocenters. The summed E-state index contributed by atoms with van der Waals surface area (Å²) in [6.45, 7) is 8.80. The molecular weight excluding hydrogens is 216 g/mol. The lowest BCUT2D eigenvalue weighted by molar-refractivity contribution is 1.09. The van der Waals surface area contributed by atoms with E-state index in [1.54, 1.807) is 0 Å². The Morgan fingerprint density at radius 2 is 1.28 bits per heavy atom. The number of aryl methyl sites for hydroxylation is 4. The van der Waals surface area contributed by atoms with Crippen LogP contribution in [0, 0.1) is 20.8 Å². The van der Waals surface area contributed by atoms with Gasteiger partial charge in [-0.05, 0) is 61.4 Å². The van der Waals surface area contributed by atoms with Gasteiger partial charge in [-0.3, -0.25) is 0 Å². The Kier molecular flexibility index (Phi) is 3.86. The van der Waals surface area contributed by atoms with Gasteiger partial charge in [0.15, 0.2) is 0 Å². The van der Waals surface area contributed by atoms with Gasteiger partial charge in [0.25, 0.3) is 0 Å². The SMILES string of the molecule is CCc1ccc(Cc2c(C)cc(C)cc2C)cc1. The molecule has 0 saturated heterocycles. The number of rotatable bonds is 3. The molecule has 0 N–H and O–H groups in total. The molecule has 0 nitrogen and oxygen atoms in total. The van der Waals surface area contributed by atoms with Crippen LogP contribution < -0.4 is 0 Å². The van der Waals surface area contributed by atoms with Crippen molar-refractivity contribution in [1.29, 1.82) is 0 Å². The third-order valence-corrected chi connectivity index (χ3v) is 3.65. The topological polar surface area (TPSA) is 0 Å². The van der Waals surface area contributed by atoms with E-state index in [1.807, 2.05) is 0 Å². The second-order valence-electron chi connectivity index (χ2n) is 5.22. The molecule has 0 amide bonds. The van der Waals surface area contributed by atoms with Gasteiger partial charge in [0.2, 0.25) is 0 Å². The molecule has 0 aliphatic heterocycles. The Hall–Kier alpha value is -1.56. The number of hydrogen-bond acceptors (Lipinski definition) is 0. The van der Waals surface area contributed by atoms with E-state index in [-0.39, 0.29) is 0 Å². The molecule has 0 aromatic heterocycles. The number of benzene rings is 2. The van der Waals surface area contributed by atoms with Crippen molar-refractivity contribution < 1.29 is 0 Å². The van der Waals surface area contributed by atoms with Crippen molar-refractivity contribution >= 4 is 0 Å². The minimum Gasteiger partial charge on any atom is -0.0613 e. The molecule has 2 aromatic carbocycles. The molecule has 0 aliphatic carbocycles. The van der Waals surface area contributed by atoms with Crippen molar-refractivity contribution in [2.75, 3.05) is 0 Å². The van der Waals surface area contributed by atoms with Crippen LogP contribution in [-0.2, 0) is 12.8 Å². The van der Waals surface area contributed by atoms with E-state index >= 15 is 0 Å². The van der Waals surface area contributed by atoms with E-state index in [1.165, 1.54) is 33.4 Å². The van der Waals surface area contributed by atoms with Crippen LogP contribution in [0.2, 0.25) is 0 Å². The monoisotopic (exact) mass is 238 g/mol. The van der Waals surface area contributed by atoms with Crippen LogP contribution in [-0.4, -0.2) is 0 Å². The summed E-state index contributed by atoms with van der Waals surface area (Å²) < 4.78 is 0. The zero-order chi connectivity index (χ0) is 13.1. The first kappa shape index (κ1) is 12.9. The van der Waals surface area contributed by atoms with Gasteiger partial charge in [0, 0.05) is 0 Å². The summed E-state index contributed by atoms with van der Waals surface area (Å²) in [7, 11) is 0. The zero-order valence-electron chi connectivity index (χ0n) is 11.9. The van der Waals surface area contributed by atoms with Crippen molar-refractivity contribution in [2.45, 2.75) is 40.5 Å². The van der Waals surface area contributed by atoms with Crippen molar-refractivity contribution in [2.24, 2.45) is 0 Å². The first-order valence-corrected chi connectivity index (χ1v) is 6.74. The maximum absolute atomic E-state index is 2.28. The summed E-state index contributed by atoms with van der Waals surface area (Å²) in [5, 5.41) is 0. The van der Waals surface area contributed by atoms with Crippen molar-refractivity contribution in [3.8, 4) is 0 Å². The maximum Gasteiger partial charge on any atom is -0.00205 e. The molecule has 0 saturated carbocycles. The number of hydrogen-bond donors (Lipinski definition) is 0. The zero-order valence-corrected chi connectivity index (χ0v) is 11.9. The Balaban J connectivity index is 2.28. The summed E-state index contributed by atoms with van der Waals surface area (Å²) in [6.07, 6.45) is 2.16. The van der Waals surface area contributed by atoms with Crippen LogP contribution in [0.3, 0.4) is 0 Å². The molecular formula is C18H22. The highest BCUT2D eigenvalue weighted by atomic mass is 14.1. The minimum atomic E-state index is 1.04. The van der Waals surface area contributed by atoms with Gasteiger partial charge < -0.3 is 0 Å². The fourth-order valence-corrected chi connectivity index (χ4v) is 2.59. The van der Waals surface area contributed by atoms with Gasteiger partial charge in [-0.2, -0.15) is 0 Å². The van der Waals surface area contributed by atoms with Crippen LogP contribution in [0.5, 0.6) is 0 Å². The molecule has 94 valence electrons. The second-order valence-corrected chi connectivity index (χ2v) is 5.22. The molecule has 0 heteroatoms. The van der Waals surface area contributed by atoms with Crippen LogP contribution in [0.25, 0.3) is 0 Å². The summed E-state index contributed by atoms with van der Waals surface area (Å²) in [5.41, 5.74) is 8.47. The largest absolute Gasteiger partial charge is 0.0613 e. The predicted molar refractivity (Wildman–Crippen MR) is 79.3 cm³/mol. The van der Waals surface area contributed by atoms with E-state index in [9.17, 15) is 0 Å². The van der Waals surface area contributed by atoms with E-state index in [0.29, 0.717) is 0 Å². The quantitative estimate of drug-likeness (QED) is 0.723. The summed E-state index contributed by atoms with van der Waals surface area (Å²) in [5.74, 6) is 0. The normalized spacial score (nSPS) is 10.7. The van der Waals surface area contributed by atoms with Crippen LogP contribution in [0.15, 0.2) is 36.4 Å². The second kappa shape index (κ2) is 5.39. The van der Waals surface area contributed by atoms with Crippen LogP contribution >= 0.6 is 0 Å². The first-order valence-electron chi connectivity index (χ1n) is 6.74. The van der Waals surface area contributed by atoms with E-state index in [0.717, 1.165) is 12.8 Å². The average molecular weight is 238 g/mol. The van der Waals surface area contributed by atoms with Gasteiger partial charge in [0.1, 0.15) is 0 Å². The van der Waals surface area contributed by atoms with Crippen LogP contribution in [0.4, 0.5) is 0 Å². The first-order chi connectivity index (χ1) is 8.60. The van der Waals surface area contributed by atoms with Gasteiger partial charge in [-0.15, -0.1) is 0 Å². The Bertz CT molecular complexity index is 509. The molecule has 0 aliphatic rings. The summed E-state index contributed by atoms with van der Waals surface area (Å²) in [6, 6.07) is 13.6. The lowest BCUT2D eigenvalue weighted by Gasteiger charge is -2.11. The lowest BCUT2D eigenvalue weighted by Crippen LogP contribution is -1.97. The fourth-order valence-electron chi connectivity index (χ4n) is 2.59. The predicted octanol–water partition coefficient (Wildman–Crippen LogP) is 4.77. The lowest BCUT2D eigenvalue weighted by atomic mass is 9.94. The Morgan fingerprint density at radius 1 is 0.778 bits per heavy atom. The highest BCUT2D eigenvalue weighted by molar-refractivity contribution is 5.41. The van der Waals surface area contributed by atoms with E-state index in [2.05, 4.69) is 64.1 Å². The van der Waals surface area contributed by atoms with E-state index < -0.39 is 0 Å².